The van der Waals surface area contributed by atoms with Crippen LogP contribution in [0, 0.1) is 0 Å². The van der Waals surface area contributed by atoms with Gasteiger partial charge in [-0.15, -0.1) is 0 Å². The molecule has 1 aromatic carbocycles. The van der Waals surface area contributed by atoms with Gasteiger partial charge in [0.25, 0.3) is 0 Å². The number of halogens is 3. The zero-order chi connectivity index (χ0) is 14.1. The molecule has 2 rings (SSSR count). The smallest absolute Gasteiger partial charge is 0.471 e. The molecule has 1 N–H and O–H groups in total. The Bertz CT molecular complexity index is 464. The first kappa shape index (κ1) is 13.7. The second-order valence-corrected chi connectivity index (χ2v) is 4.76. The van der Waals surface area contributed by atoms with Crippen molar-refractivity contribution in [2.45, 2.75) is 31.0 Å². The summed E-state index contributed by atoms with van der Waals surface area (Å²) in [4.78, 5) is 11.0. The van der Waals surface area contributed by atoms with Gasteiger partial charge in [-0.25, -0.2) is 0 Å². The third kappa shape index (κ3) is 3.39. The molecule has 0 atom stereocenters. The molecule has 0 unspecified atom stereocenters. The van der Waals surface area contributed by atoms with Gasteiger partial charge >= 0.3 is 12.1 Å². The Morgan fingerprint density at radius 1 is 1.32 bits per heavy atom. The van der Waals surface area contributed by atoms with Crippen LogP contribution in [0.5, 0.6) is 5.75 Å². The van der Waals surface area contributed by atoms with Crippen molar-refractivity contribution in [2.75, 3.05) is 7.11 Å². The molecule has 104 valence electrons. The Morgan fingerprint density at radius 3 is 2.32 bits per heavy atom. The summed E-state index contributed by atoms with van der Waals surface area (Å²) >= 11 is 0. The minimum absolute atomic E-state index is 0.402. The average molecular weight is 273 g/mol. The van der Waals surface area contributed by atoms with E-state index in [1.807, 2.05) is 0 Å². The lowest BCUT2D eigenvalue weighted by molar-refractivity contribution is -0.174. The first-order valence-corrected chi connectivity index (χ1v) is 5.87. The molecule has 1 fully saturated rings. The minimum Gasteiger partial charge on any atom is -0.497 e. The molecule has 0 aliphatic heterocycles. The second kappa shape index (κ2) is 4.75. The van der Waals surface area contributed by atoms with Crippen molar-refractivity contribution in [1.82, 2.24) is 5.32 Å². The van der Waals surface area contributed by atoms with Crippen LogP contribution in [0.15, 0.2) is 24.3 Å². The van der Waals surface area contributed by atoms with Gasteiger partial charge in [0, 0.05) is 5.54 Å². The molecule has 0 aromatic heterocycles. The Kier molecular flexibility index (Phi) is 3.43. The van der Waals surface area contributed by atoms with Gasteiger partial charge in [-0.05, 0) is 37.0 Å². The maximum atomic E-state index is 12.2. The van der Waals surface area contributed by atoms with E-state index in [4.69, 9.17) is 4.74 Å². The van der Waals surface area contributed by atoms with Gasteiger partial charge in [0.15, 0.2) is 0 Å². The van der Waals surface area contributed by atoms with Crippen molar-refractivity contribution < 1.29 is 22.7 Å². The maximum Gasteiger partial charge on any atom is 0.471 e. The van der Waals surface area contributed by atoms with Crippen LogP contribution >= 0.6 is 0 Å². The number of benzene rings is 1. The van der Waals surface area contributed by atoms with Crippen molar-refractivity contribution >= 4 is 5.91 Å². The molecule has 0 spiro atoms. The fourth-order valence-electron chi connectivity index (χ4n) is 1.94. The summed E-state index contributed by atoms with van der Waals surface area (Å²) in [6.45, 7) is 0. The summed E-state index contributed by atoms with van der Waals surface area (Å²) < 4.78 is 41.7. The van der Waals surface area contributed by atoms with Crippen LogP contribution < -0.4 is 10.1 Å². The van der Waals surface area contributed by atoms with Gasteiger partial charge in [-0.3, -0.25) is 4.79 Å². The third-order valence-electron chi connectivity index (χ3n) is 3.19. The minimum atomic E-state index is -4.82. The highest BCUT2D eigenvalue weighted by atomic mass is 19.4. The van der Waals surface area contributed by atoms with Crippen LogP contribution in [0.4, 0.5) is 13.2 Å². The molecule has 6 heteroatoms. The first-order valence-electron chi connectivity index (χ1n) is 5.87. The van der Waals surface area contributed by atoms with Crippen molar-refractivity contribution in [2.24, 2.45) is 0 Å². The van der Waals surface area contributed by atoms with Gasteiger partial charge in [0.1, 0.15) is 5.75 Å². The van der Waals surface area contributed by atoms with E-state index in [0.29, 0.717) is 25.0 Å². The van der Waals surface area contributed by atoms with Crippen LogP contribution in [0.2, 0.25) is 0 Å². The van der Waals surface area contributed by atoms with E-state index in [1.165, 1.54) is 0 Å². The van der Waals surface area contributed by atoms with Crippen LogP contribution in [0.3, 0.4) is 0 Å². The molecule has 19 heavy (non-hydrogen) atoms. The van der Waals surface area contributed by atoms with Crippen LogP contribution in [-0.2, 0) is 11.2 Å². The van der Waals surface area contributed by atoms with Gasteiger partial charge in [0.05, 0.1) is 7.11 Å². The zero-order valence-electron chi connectivity index (χ0n) is 10.4. The SMILES string of the molecule is COc1ccc(CC2(NC(=O)C(F)(F)F)CC2)cc1. The predicted octanol–water partition coefficient (Wildman–Crippen LogP) is 2.45. The highest BCUT2D eigenvalue weighted by molar-refractivity contribution is 5.82. The van der Waals surface area contributed by atoms with Gasteiger partial charge in [-0.1, -0.05) is 12.1 Å². The summed E-state index contributed by atoms with van der Waals surface area (Å²) in [5.74, 6) is -1.17. The number of hydrogen-bond acceptors (Lipinski definition) is 2. The molecular weight excluding hydrogens is 259 g/mol. The van der Waals surface area contributed by atoms with Crippen molar-refractivity contribution in [3.05, 3.63) is 29.8 Å². The fraction of sp³-hybridized carbons (Fsp3) is 0.462. The monoisotopic (exact) mass is 273 g/mol. The van der Waals surface area contributed by atoms with Crippen LogP contribution in [0.1, 0.15) is 18.4 Å². The average Bonchev–Trinajstić information content (AvgIpc) is 3.08. The first-order chi connectivity index (χ1) is 8.85. The van der Waals surface area contributed by atoms with Gasteiger partial charge in [0.2, 0.25) is 0 Å². The Labute approximate surface area is 108 Å². The molecule has 1 aromatic rings. The van der Waals surface area contributed by atoms with Crippen molar-refractivity contribution in [1.29, 1.82) is 0 Å². The van der Waals surface area contributed by atoms with Crippen molar-refractivity contribution in [3.8, 4) is 5.75 Å². The summed E-state index contributed by atoms with van der Waals surface area (Å²) in [5.41, 5.74) is 0.141. The van der Waals surface area contributed by atoms with E-state index in [-0.39, 0.29) is 0 Å². The quantitative estimate of drug-likeness (QED) is 0.915. The molecule has 0 saturated heterocycles. The van der Waals surface area contributed by atoms with Crippen molar-refractivity contribution in [3.63, 3.8) is 0 Å². The number of nitrogens with one attached hydrogen (secondary N) is 1. The van der Waals surface area contributed by atoms with E-state index < -0.39 is 17.6 Å². The van der Waals surface area contributed by atoms with E-state index in [1.54, 1.807) is 31.4 Å². The summed E-state index contributed by atoms with van der Waals surface area (Å²) in [6, 6.07) is 7.07. The number of hydrogen-bond donors (Lipinski definition) is 1. The van der Waals surface area contributed by atoms with Gasteiger partial charge < -0.3 is 10.1 Å². The molecule has 0 radical (unpaired) electrons. The number of methoxy groups -OCH3 is 1. The molecule has 0 heterocycles. The largest absolute Gasteiger partial charge is 0.497 e. The Morgan fingerprint density at radius 2 is 1.89 bits per heavy atom. The molecule has 1 amide bonds. The number of carbonyl (C=O) groups excluding carboxylic acids is 1. The third-order valence-corrected chi connectivity index (χ3v) is 3.19. The number of carbonyl (C=O) groups is 1. The molecular formula is C13H14F3NO2. The molecule has 1 aliphatic rings. The fourth-order valence-corrected chi connectivity index (χ4v) is 1.94. The molecule has 0 bridgehead atoms. The Balaban J connectivity index is 1.99. The van der Waals surface area contributed by atoms with E-state index in [9.17, 15) is 18.0 Å². The summed E-state index contributed by atoms with van der Waals surface area (Å²) in [7, 11) is 1.54. The number of rotatable bonds is 4. The number of ether oxygens (including phenoxy) is 1. The lowest BCUT2D eigenvalue weighted by atomic mass is 10.0. The van der Waals surface area contributed by atoms with E-state index >= 15 is 0 Å². The molecule has 1 saturated carbocycles. The predicted molar refractivity (Wildman–Crippen MR) is 62.9 cm³/mol. The standard InChI is InChI=1S/C13H14F3NO2/c1-19-10-4-2-9(3-5-10)8-12(6-7-12)17-11(18)13(14,15)16/h2-5H,6-8H2,1H3,(H,17,18). The summed E-state index contributed by atoms with van der Waals surface area (Å²) in [6.07, 6.45) is -3.28. The topological polar surface area (TPSA) is 38.3 Å². The van der Waals surface area contributed by atoms with Crippen LogP contribution in [-0.4, -0.2) is 24.7 Å². The van der Waals surface area contributed by atoms with E-state index in [2.05, 4.69) is 5.32 Å². The van der Waals surface area contributed by atoms with E-state index in [0.717, 1.165) is 5.56 Å². The zero-order valence-corrected chi connectivity index (χ0v) is 10.4. The number of amides is 1. The molecule has 1 aliphatic carbocycles. The number of alkyl halides is 3. The summed E-state index contributed by atoms with van der Waals surface area (Å²) in [5, 5.41) is 2.09. The highest BCUT2D eigenvalue weighted by Gasteiger charge is 2.49. The molecule has 3 nitrogen and oxygen atoms in total. The second-order valence-electron chi connectivity index (χ2n) is 4.76. The van der Waals surface area contributed by atoms with Crippen LogP contribution in [0.25, 0.3) is 0 Å². The lowest BCUT2D eigenvalue weighted by Gasteiger charge is -2.18. The highest BCUT2D eigenvalue weighted by Crippen LogP contribution is 2.39. The Hall–Kier alpha value is -1.72. The van der Waals surface area contributed by atoms with Gasteiger partial charge in [-0.2, -0.15) is 13.2 Å². The lowest BCUT2D eigenvalue weighted by Crippen LogP contribution is -2.45. The normalized spacial score (nSPS) is 16.8. The maximum absolute atomic E-state index is 12.2.